The van der Waals surface area contributed by atoms with E-state index in [4.69, 9.17) is 19.7 Å². The summed E-state index contributed by atoms with van der Waals surface area (Å²) in [5.41, 5.74) is 7.14. The van der Waals surface area contributed by atoms with Crippen LogP contribution >= 0.6 is 0 Å². The largest absolute Gasteiger partial charge is 0.496 e. The Morgan fingerprint density at radius 2 is 1.77 bits per heavy atom. The highest BCUT2D eigenvalue weighted by atomic mass is 16.5. The Morgan fingerprint density at radius 3 is 2.55 bits per heavy atom. The van der Waals surface area contributed by atoms with E-state index in [1.54, 1.807) is 19.2 Å². The number of benzene rings is 2. The molecule has 0 aliphatic heterocycles. The first kappa shape index (κ1) is 13.9. The molecule has 0 unspecified atom stereocenters. The second kappa shape index (κ2) is 6.17. The Labute approximate surface area is 127 Å². The van der Waals surface area contributed by atoms with Crippen LogP contribution in [0.4, 0.5) is 5.69 Å². The van der Waals surface area contributed by atoms with Gasteiger partial charge >= 0.3 is 0 Å². The lowest BCUT2D eigenvalue weighted by atomic mass is 10.2. The van der Waals surface area contributed by atoms with Crippen LogP contribution in [-0.2, 0) is 6.61 Å². The van der Waals surface area contributed by atoms with Crippen LogP contribution in [0, 0.1) is 0 Å². The fraction of sp³-hybridized carbons (Fsp3) is 0.125. The summed E-state index contributed by atoms with van der Waals surface area (Å²) in [5.74, 6) is 2.09. The molecule has 0 fully saturated rings. The zero-order valence-corrected chi connectivity index (χ0v) is 12.0. The Hall–Kier alpha value is -3.02. The highest BCUT2D eigenvalue weighted by molar-refractivity contribution is 5.63. The molecule has 2 aromatic carbocycles. The van der Waals surface area contributed by atoms with Crippen molar-refractivity contribution in [2.45, 2.75) is 6.61 Å². The molecule has 0 saturated carbocycles. The maximum Gasteiger partial charge on any atom is 0.264 e. The Morgan fingerprint density at radius 1 is 1.05 bits per heavy atom. The van der Waals surface area contributed by atoms with E-state index in [1.807, 2.05) is 36.4 Å². The Bertz CT molecular complexity index is 771. The molecule has 22 heavy (non-hydrogen) atoms. The number of hydrogen-bond donors (Lipinski definition) is 1. The van der Waals surface area contributed by atoms with E-state index >= 15 is 0 Å². The number of methoxy groups -OCH3 is 1. The number of anilines is 1. The predicted molar refractivity (Wildman–Crippen MR) is 81.5 cm³/mol. The third-order valence-electron chi connectivity index (χ3n) is 3.09. The molecule has 1 aromatic heterocycles. The lowest BCUT2D eigenvalue weighted by molar-refractivity contribution is 0.244. The summed E-state index contributed by atoms with van der Waals surface area (Å²) < 4.78 is 16.1. The van der Waals surface area contributed by atoms with Crippen LogP contribution < -0.4 is 15.2 Å². The monoisotopic (exact) mass is 297 g/mol. The van der Waals surface area contributed by atoms with E-state index in [2.05, 4.69) is 10.1 Å². The van der Waals surface area contributed by atoms with Gasteiger partial charge in [0, 0.05) is 0 Å². The molecule has 112 valence electrons. The van der Waals surface area contributed by atoms with E-state index < -0.39 is 0 Å². The van der Waals surface area contributed by atoms with Gasteiger partial charge in [0.15, 0.2) is 6.61 Å². The Kier molecular flexibility index (Phi) is 3.91. The fourth-order valence-corrected chi connectivity index (χ4v) is 2.00. The molecule has 6 heteroatoms. The van der Waals surface area contributed by atoms with E-state index in [1.165, 1.54) is 0 Å². The Balaban J connectivity index is 1.75. The van der Waals surface area contributed by atoms with Crippen molar-refractivity contribution in [3.63, 3.8) is 0 Å². The van der Waals surface area contributed by atoms with Crippen molar-refractivity contribution < 1.29 is 14.0 Å². The van der Waals surface area contributed by atoms with Crippen LogP contribution in [0.15, 0.2) is 53.1 Å². The van der Waals surface area contributed by atoms with E-state index in [0.717, 1.165) is 5.56 Å². The van der Waals surface area contributed by atoms with Crippen molar-refractivity contribution in [3.8, 4) is 22.9 Å². The normalized spacial score (nSPS) is 10.4. The van der Waals surface area contributed by atoms with Crippen molar-refractivity contribution in [2.24, 2.45) is 0 Å². The summed E-state index contributed by atoms with van der Waals surface area (Å²) >= 11 is 0. The fourth-order valence-electron chi connectivity index (χ4n) is 2.00. The molecular weight excluding hydrogens is 282 g/mol. The van der Waals surface area contributed by atoms with Gasteiger partial charge in [0.25, 0.3) is 5.89 Å². The molecular formula is C16H15N3O3. The lowest BCUT2D eigenvalue weighted by Gasteiger charge is -2.05. The quantitative estimate of drug-likeness (QED) is 0.729. The van der Waals surface area contributed by atoms with Crippen LogP contribution in [0.2, 0.25) is 0 Å². The smallest absolute Gasteiger partial charge is 0.264 e. The summed E-state index contributed by atoms with van der Waals surface area (Å²) in [6.45, 7) is 0.149. The molecule has 2 N–H and O–H groups in total. The molecule has 6 nitrogen and oxygen atoms in total. The molecule has 0 bridgehead atoms. The van der Waals surface area contributed by atoms with Crippen LogP contribution in [0.1, 0.15) is 5.89 Å². The van der Waals surface area contributed by atoms with Gasteiger partial charge in [-0.1, -0.05) is 29.4 Å². The number of ether oxygens (including phenoxy) is 2. The molecule has 0 atom stereocenters. The minimum Gasteiger partial charge on any atom is -0.496 e. The topological polar surface area (TPSA) is 83.4 Å². The third kappa shape index (κ3) is 2.85. The van der Waals surface area contributed by atoms with Gasteiger partial charge in [-0.15, -0.1) is 0 Å². The van der Waals surface area contributed by atoms with E-state index in [9.17, 15) is 0 Å². The first-order valence-corrected chi connectivity index (χ1v) is 6.71. The van der Waals surface area contributed by atoms with Crippen LogP contribution in [0.25, 0.3) is 11.4 Å². The molecule has 3 aromatic rings. The first-order chi connectivity index (χ1) is 10.8. The summed E-state index contributed by atoms with van der Waals surface area (Å²) in [6.07, 6.45) is 0. The summed E-state index contributed by atoms with van der Waals surface area (Å²) in [6, 6.07) is 14.7. The van der Waals surface area contributed by atoms with Gasteiger partial charge in [-0.25, -0.2) is 0 Å². The molecule has 0 saturated heterocycles. The van der Waals surface area contributed by atoms with Gasteiger partial charge < -0.3 is 19.7 Å². The lowest BCUT2D eigenvalue weighted by Crippen LogP contribution is -1.98. The van der Waals surface area contributed by atoms with Crippen molar-refractivity contribution >= 4 is 5.69 Å². The van der Waals surface area contributed by atoms with Crippen molar-refractivity contribution in [3.05, 3.63) is 54.4 Å². The van der Waals surface area contributed by atoms with Crippen molar-refractivity contribution in [1.82, 2.24) is 10.1 Å². The van der Waals surface area contributed by atoms with Gasteiger partial charge in [-0.3, -0.25) is 0 Å². The SMILES string of the molecule is COc1ccccc1-c1noc(COc2ccccc2N)n1. The highest BCUT2D eigenvalue weighted by Crippen LogP contribution is 2.27. The highest BCUT2D eigenvalue weighted by Gasteiger charge is 2.13. The molecule has 0 radical (unpaired) electrons. The molecule has 0 aliphatic rings. The van der Waals surface area contributed by atoms with E-state index in [-0.39, 0.29) is 6.61 Å². The first-order valence-electron chi connectivity index (χ1n) is 6.71. The van der Waals surface area contributed by atoms with Gasteiger partial charge in [-0.2, -0.15) is 4.98 Å². The van der Waals surface area contributed by atoms with Crippen LogP contribution in [0.5, 0.6) is 11.5 Å². The van der Waals surface area contributed by atoms with E-state index in [0.29, 0.717) is 28.9 Å². The summed E-state index contributed by atoms with van der Waals surface area (Å²) in [7, 11) is 1.60. The van der Waals surface area contributed by atoms with Crippen molar-refractivity contribution in [1.29, 1.82) is 0 Å². The molecule has 1 heterocycles. The third-order valence-corrected chi connectivity index (χ3v) is 3.09. The van der Waals surface area contributed by atoms with Gasteiger partial charge in [0.1, 0.15) is 11.5 Å². The standard InChI is InChI=1S/C16H15N3O3/c1-20-13-8-4-2-6-11(13)16-18-15(22-19-16)10-21-14-9-5-3-7-12(14)17/h2-9H,10,17H2,1H3. The van der Waals surface area contributed by atoms with Gasteiger partial charge in [-0.05, 0) is 24.3 Å². The number of aromatic nitrogens is 2. The minimum atomic E-state index is 0.149. The second-order valence-electron chi connectivity index (χ2n) is 4.54. The number of hydrogen-bond acceptors (Lipinski definition) is 6. The number of para-hydroxylation sites is 3. The number of nitrogens with two attached hydrogens (primary N) is 1. The maximum atomic E-state index is 5.81. The number of nitrogen functional groups attached to an aromatic ring is 1. The minimum absolute atomic E-state index is 0.149. The van der Waals surface area contributed by atoms with Crippen LogP contribution in [-0.4, -0.2) is 17.3 Å². The zero-order chi connectivity index (χ0) is 15.4. The van der Waals surface area contributed by atoms with Gasteiger partial charge in [0.2, 0.25) is 5.82 Å². The second-order valence-corrected chi connectivity index (χ2v) is 4.54. The average Bonchev–Trinajstić information content (AvgIpc) is 3.03. The molecule has 0 spiro atoms. The van der Waals surface area contributed by atoms with Crippen molar-refractivity contribution in [2.75, 3.05) is 12.8 Å². The van der Waals surface area contributed by atoms with Gasteiger partial charge in [0.05, 0.1) is 18.4 Å². The maximum absolute atomic E-state index is 5.81. The summed E-state index contributed by atoms with van der Waals surface area (Å²) in [5, 5.41) is 3.95. The number of nitrogens with zero attached hydrogens (tertiary/aromatic N) is 2. The molecule has 0 aliphatic carbocycles. The average molecular weight is 297 g/mol. The number of rotatable bonds is 5. The molecule has 3 rings (SSSR count). The predicted octanol–water partition coefficient (Wildman–Crippen LogP) is 2.91. The van der Waals surface area contributed by atoms with Crippen LogP contribution in [0.3, 0.4) is 0 Å². The molecule has 0 amide bonds. The summed E-state index contributed by atoms with van der Waals surface area (Å²) in [4.78, 5) is 4.31. The zero-order valence-electron chi connectivity index (χ0n) is 12.0.